The SMILES string of the molecule is C=C(C)C(=O)OCCOCCC[Si](O[Si](C)(C)CCC(=O)O)(O[Si](C)(C)CCC(=O)O)O[Si](C)(C)CCC(=O)O. The van der Waals surface area contributed by atoms with Crippen molar-refractivity contribution in [1.82, 2.24) is 0 Å². The highest BCUT2D eigenvalue weighted by atomic mass is 28.5. The molecule has 0 spiro atoms. The molecule has 0 heterocycles. The minimum absolute atomic E-state index is 0.0666. The third-order valence-electron chi connectivity index (χ3n) is 5.70. The lowest BCUT2D eigenvalue weighted by Crippen LogP contribution is -2.62. The first-order valence-corrected chi connectivity index (χ1v) is 24.6. The lowest BCUT2D eigenvalue weighted by Gasteiger charge is -2.45. The molecule has 40 heavy (non-hydrogen) atoms. The maximum absolute atomic E-state index is 11.5. The van der Waals surface area contributed by atoms with E-state index in [1.54, 1.807) is 6.92 Å². The Kier molecular flexibility index (Phi) is 16.6. The summed E-state index contributed by atoms with van der Waals surface area (Å²) in [5, 5.41) is 27.8. The first kappa shape index (κ1) is 38.3. The summed E-state index contributed by atoms with van der Waals surface area (Å²) in [6, 6.07) is 1.29. The molecule has 0 fully saturated rings. The van der Waals surface area contributed by atoms with Gasteiger partial charge in [-0.15, -0.1) is 0 Å². The molecule has 0 bridgehead atoms. The molecule has 0 saturated carbocycles. The minimum Gasteiger partial charge on any atom is -0.481 e. The summed E-state index contributed by atoms with van der Waals surface area (Å²) in [7, 11) is -11.6. The van der Waals surface area contributed by atoms with Crippen molar-refractivity contribution < 1.29 is 56.3 Å². The van der Waals surface area contributed by atoms with Crippen molar-refractivity contribution in [3.63, 3.8) is 0 Å². The normalized spacial score (nSPS) is 12.7. The first-order valence-electron chi connectivity index (χ1n) is 13.4. The number of esters is 1. The van der Waals surface area contributed by atoms with Gasteiger partial charge in [0.25, 0.3) is 0 Å². The summed E-state index contributed by atoms with van der Waals surface area (Å²) in [4.78, 5) is 45.5. The van der Waals surface area contributed by atoms with Crippen molar-refractivity contribution in [2.75, 3.05) is 19.8 Å². The molecule has 0 unspecified atom stereocenters. The van der Waals surface area contributed by atoms with Crippen LogP contribution >= 0.6 is 0 Å². The van der Waals surface area contributed by atoms with E-state index in [0.717, 1.165) is 0 Å². The average Bonchev–Trinajstić information content (AvgIpc) is 2.78. The Hall–Kier alpha value is -1.67. The summed E-state index contributed by atoms with van der Waals surface area (Å²) in [6.07, 6.45) is 0.233. The lowest BCUT2D eigenvalue weighted by atomic mass is 10.4. The number of hydrogen-bond acceptors (Lipinski definition) is 9. The van der Waals surface area contributed by atoms with Crippen molar-refractivity contribution in [2.45, 2.75) is 96.1 Å². The van der Waals surface area contributed by atoms with Gasteiger partial charge in [-0.2, -0.15) is 0 Å². The van der Waals surface area contributed by atoms with Crippen LogP contribution in [0.15, 0.2) is 12.2 Å². The van der Waals surface area contributed by atoms with Gasteiger partial charge in [0.1, 0.15) is 6.61 Å². The maximum atomic E-state index is 11.5. The number of hydrogen-bond donors (Lipinski definition) is 3. The van der Waals surface area contributed by atoms with Crippen LogP contribution in [0.2, 0.25) is 63.5 Å². The van der Waals surface area contributed by atoms with Gasteiger partial charge in [-0.05, 0) is 70.8 Å². The number of rotatable bonds is 23. The zero-order chi connectivity index (χ0) is 31.2. The molecule has 0 aromatic rings. The molecular weight excluding hydrogens is 593 g/mol. The molecule has 0 atom stereocenters. The van der Waals surface area contributed by atoms with E-state index >= 15 is 0 Å². The van der Waals surface area contributed by atoms with Crippen LogP contribution in [0.3, 0.4) is 0 Å². The van der Waals surface area contributed by atoms with Crippen LogP contribution in [0.1, 0.15) is 32.6 Å². The monoisotopic (exact) mass is 640 g/mol. The number of carboxylic acid groups (broad SMARTS) is 3. The molecule has 0 aliphatic rings. The van der Waals surface area contributed by atoms with Gasteiger partial charge in [-0.1, -0.05) is 6.58 Å². The smallest absolute Gasteiger partial charge is 0.469 e. The van der Waals surface area contributed by atoms with E-state index in [1.807, 2.05) is 39.3 Å². The van der Waals surface area contributed by atoms with E-state index in [9.17, 15) is 34.5 Å². The van der Waals surface area contributed by atoms with Gasteiger partial charge in [-0.25, -0.2) is 4.79 Å². The standard InChI is InChI=1S/C24H48O12Si4/c1-20(2)24(31)33-15-14-32-13-9-16-40(34-37(3,4)17-10-21(25)26,35-38(5,6)18-11-22(27)28)36-39(7,8)19-12-23(29)30/h1,9-19H2,2-8H3,(H,25,26)(H,27,28)(H,29,30). The van der Waals surface area contributed by atoms with Crippen LogP contribution in [0.5, 0.6) is 0 Å². The molecule has 232 valence electrons. The summed E-state index contributed by atoms with van der Waals surface area (Å²) >= 11 is 0. The van der Waals surface area contributed by atoms with Crippen molar-refractivity contribution in [3.8, 4) is 0 Å². The molecule has 16 heteroatoms. The van der Waals surface area contributed by atoms with E-state index in [1.165, 1.54) is 0 Å². The molecule has 0 aliphatic carbocycles. The molecule has 0 amide bonds. The molecule has 12 nitrogen and oxygen atoms in total. The van der Waals surface area contributed by atoms with Crippen LogP contribution in [0, 0.1) is 0 Å². The zero-order valence-corrected chi connectivity index (χ0v) is 29.0. The van der Waals surface area contributed by atoms with Gasteiger partial charge in [0.15, 0.2) is 25.0 Å². The predicted molar refractivity (Wildman–Crippen MR) is 159 cm³/mol. The second kappa shape index (κ2) is 17.3. The highest BCUT2D eigenvalue weighted by molar-refractivity contribution is 6.90. The zero-order valence-electron chi connectivity index (χ0n) is 25.0. The second-order valence-corrected chi connectivity index (χ2v) is 28.0. The summed E-state index contributed by atoms with van der Waals surface area (Å²) < 4.78 is 30.9. The van der Waals surface area contributed by atoms with Gasteiger partial charge in [-0.3, -0.25) is 14.4 Å². The van der Waals surface area contributed by atoms with Gasteiger partial charge >= 0.3 is 32.7 Å². The Bertz CT molecular complexity index is 797. The molecule has 3 N–H and O–H groups in total. The summed E-state index contributed by atoms with van der Waals surface area (Å²) in [5.74, 6) is -3.31. The number of carbonyl (C=O) groups is 4. The highest BCUT2D eigenvalue weighted by Crippen LogP contribution is 2.34. The van der Waals surface area contributed by atoms with Gasteiger partial charge in [0.2, 0.25) is 0 Å². The molecule has 0 radical (unpaired) electrons. The fourth-order valence-electron chi connectivity index (χ4n) is 3.66. The maximum Gasteiger partial charge on any atom is 0.469 e. The van der Waals surface area contributed by atoms with Crippen LogP contribution < -0.4 is 0 Å². The van der Waals surface area contributed by atoms with Crippen molar-refractivity contribution >= 4 is 57.6 Å². The van der Waals surface area contributed by atoms with Gasteiger partial charge in [0, 0.05) is 37.5 Å². The Morgan fingerprint density at radius 3 is 1.32 bits per heavy atom. The lowest BCUT2D eigenvalue weighted by molar-refractivity contribution is -0.140. The Labute approximate surface area is 241 Å². The predicted octanol–water partition coefficient (Wildman–Crippen LogP) is 4.54. The fourth-order valence-corrected chi connectivity index (χ4v) is 20.9. The average molecular weight is 641 g/mol. The van der Waals surface area contributed by atoms with Crippen molar-refractivity contribution in [2.24, 2.45) is 0 Å². The summed E-state index contributed by atoms with van der Waals surface area (Å²) in [5.41, 5.74) is 0.293. The van der Waals surface area contributed by atoms with E-state index < -0.39 is 57.6 Å². The summed E-state index contributed by atoms with van der Waals surface area (Å²) in [6.45, 7) is 17.0. The molecular formula is C24H48O12Si4. The van der Waals surface area contributed by atoms with Crippen molar-refractivity contribution in [3.05, 3.63) is 12.2 Å². The number of carboxylic acids is 3. The van der Waals surface area contributed by atoms with Crippen LogP contribution in [0.4, 0.5) is 0 Å². The van der Waals surface area contributed by atoms with E-state index in [-0.39, 0.29) is 39.1 Å². The van der Waals surface area contributed by atoms with Crippen LogP contribution in [-0.2, 0) is 41.0 Å². The fraction of sp³-hybridized carbons (Fsp3) is 0.750. The molecule has 0 aliphatic heterocycles. The van der Waals surface area contributed by atoms with Crippen LogP contribution in [-0.4, -0.2) is 92.8 Å². The third kappa shape index (κ3) is 18.6. The topological polar surface area (TPSA) is 175 Å². The number of carbonyl (C=O) groups excluding carboxylic acids is 1. The Balaban J connectivity index is 5.98. The number of ether oxygens (including phenoxy) is 2. The van der Waals surface area contributed by atoms with Gasteiger partial charge < -0.3 is 37.1 Å². The molecule has 0 aromatic heterocycles. The van der Waals surface area contributed by atoms with Crippen molar-refractivity contribution in [1.29, 1.82) is 0 Å². The van der Waals surface area contributed by atoms with Gasteiger partial charge in [0.05, 0.1) is 6.61 Å². The third-order valence-corrected chi connectivity index (χ3v) is 21.4. The minimum atomic E-state index is -3.59. The van der Waals surface area contributed by atoms with E-state index in [4.69, 9.17) is 21.8 Å². The second-order valence-electron chi connectivity index (χ2n) is 11.6. The molecule has 0 rings (SSSR count). The Morgan fingerprint density at radius 2 is 1.00 bits per heavy atom. The number of aliphatic carboxylic acids is 3. The highest BCUT2D eigenvalue weighted by Gasteiger charge is 2.52. The Morgan fingerprint density at radius 1 is 0.625 bits per heavy atom. The van der Waals surface area contributed by atoms with E-state index in [0.29, 0.717) is 36.2 Å². The first-order chi connectivity index (χ1) is 18.2. The molecule has 0 aromatic carbocycles. The van der Waals surface area contributed by atoms with Crippen LogP contribution in [0.25, 0.3) is 0 Å². The largest absolute Gasteiger partial charge is 0.481 e. The van der Waals surface area contributed by atoms with E-state index in [2.05, 4.69) is 6.58 Å². The quantitative estimate of drug-likeness (QED) is 0.0616. The molecule has 0 saturated heterocycles.